The van der Waals surface area contributed by atoms with Crippen LogP contribution in [0.5, 0.6) is 0 Å². The van der Waals surface area contributed by atoms with Crippen molar-refractivity contribution in [2.24, 2.45) is 0 Å². The molecule has 1 fully saturated rings. The van der Waals surface area contributed by atoms with Crippen LogP contribution in [0.2, 0.25) is 0 Å². The largest absolute Gasteiger partial charge is 0.394 e. The first kappa shape index (κ1) is 13.5. The molecule has 0 aliphatic carbocycles. The highest BCUT2D eigenvalue weighted by molar-refractivity contribution is 5.19. The lowest BCUT2D eigenvalue weighted by Gasteiger charge is -2.37. The van der Waals surface area contributed by atoms with Crippen LogP contribution in [0.3, 0.4) is 0 Å². The van der Waals surface area contributed by atoms with E-state index in [-0.39, 0.29) is 12.6 Å². The second-order valence-corrected chi connectivity index (χ2v) is 5.36. The van der Waals surface area contributed by atoms with Crippen LogP contribution in [-0.2, 0) is 0 Å². The first-order chi connectivity index (χ1) is 8.70. The fourth-order valence-electron chi connectivity index (χ4n) is 2.66. The van der Waals surface area contributed by atoms with Crippen LogP contribution in [0.15, 0.2) is 30.3 Å². The molecule has 1 aliphatic rings. The van der Waals surface area contributed by atoms with E-state index in [1.165, 1.54) is 5.56 Å². The van der Waals surface area contributed by atoms with Gasteiger partial charge in [0.25, 0.3) is 0 Å². The summed E-state index contributed by atoms with van der Waals surface area (Å²) in [5.41, 5.74) is 1.17. The van der Waals surface area contributed by atoms with E-state index >= 15 is 0 Å². The smallest absolute Gasteiger partial charge is 0.0626 e. The molecule has 18 heavy (non-hydrogen) atoms. The highest BCUT2D eigenvalue weighted by Gasteiger charge is 2.24. The third-order valence-corrected chi connectivity index (χ3v) is 4.03. The van der Waals surface area contributed by atoms with E-state index in [0.717, 1.165) is 19.4 Å². The molecule has 1 saturated heterocycles. The van der Waals surface area contributed by atoms with Gasteiger partial charge in [0.1, 0.15) is 0 Å². The summed E-state index contributed by atoms with van der Waals surface area (Å²) in [6.07, 6.45) is 2.31. The van der Waals surface area contributed by atoms with E-state index in [1.807, 2.05) is 18.2 Å². The maximum atomic E-state index is 9.56. The van der Waals surface area contributed by atoms with Gasteiger partial charge in [-0.25, -0.2) is 0 Å². The number of likely N-dealkylation sites (tertiary alicyclic amines) is 1. The molecule has 2 unspecified atom stereocenters. The van der Waals surface area contributed by atoms with Crippen LogP contribution in [0.25, 0.3) is 0 Å². The molecule has 3 atom stereocenters. The van der Waals surface area contributed by atoms with E-state index in [1.54, 1.807) is 0 Å². The molecule has 3 nitrogen and oxygen atoms in total. The predicted octanol–water partition coefficient (Wildman–Crippen LogP) is 1.79. The minimum atomic E-state index is 0.0619. The molecular weight excluding hydrogens is 224 g/mol. The minimum Gasteiger partial charge on any atom is -0.394 e. The normalized spacial score (nSPS) is 27.1. The molecule has 0 amide bonds. The SMILES string of the molecule is CC1CC(N[C@H](CO)c2ccccc2)CCN1C. The standard InChI is InChI=1S/C15H24N2O/c1-12-10-14(8-9-17(12)2)16-15(11-18)13-6-4-3-5-7-13/h3-7,12,14-16,18H,8-11H2,1-2H3/t12?,14?,15-/m1/s1. The lowest BCUT2D eigenvalue weighted by Crippen LogP contribution is -2.47. The molecule has 0 saturated carbocycles. The number of piperidine rings is 1. The molecule has 0 radical (unpaired) electrons. The summed E-state index contributed by atoms with van der Waals surface area (Å²) in [4.78, 5) is 2.40. The van der Waals surface area contributed by atoms with Crippen LogP contribution in [0.4, 0.5) is 0 Å². The number of nitrogens with zero attached hydrogens (tertiary/aromatic N) is 1. The van der Waals surface area contributed by atoms with Crippen LogP contribution in [0.1, 0.15) is 31.4 Å². The minimum absolute atomic E-state index is 0.0619. The van der Waals surface area contributed by atoms with Gasteiger partial charge in [-0.05, 0) is 38.9 Å². The zero-order valence-electron chi connectivity index (χ0n) is 11.3. The van der Waals surface area contributed by atoms with Crippen molar-refractivity contribution in [3.05, 3.63) is 35.9 Å². The molecular formula is C15H24N2O. The first-order valence-electron chi connectivity index (χ1n) is 6.82. The Hall–Kier alpha value is -0.900. The average Bonchev–Trinajstić information content (AvgIpc) is 2.41. The van der Waals surface area contributed by atoms with Gasteiger partial charge in [0.15, 0.2) is 0 Å². The van der Waals surface area contributed by atoms with Crippen molar-refractivity contribution in [1.82, 2.24) is 10.2 Å². The number of aliphatic hydroxyl groups excluding tert-OH is 1. The number of hydrogen-bond acceptors (Lipinski definition) is 3. The molecule has 1 aromatic carbocycles. The summed E-state index contributed by atoms with van der Waals surface area (Å²) in [7, 11) is 2.18. The molecule has 100 valence electrons. The third-order valence-electron chi connectivity index (χ3n) is 4.03. The Bertz CT molecular complexity index is 355. The maximum Gasteiger partial charge on any atom is 0.0626 e. The molecule has 2 N–H and O–H groups in total. The molecule has 1 aliphatic heterocycles. The van der Waals surface area contributed by atoms with Crippen molar-refractivity contribution in [3.8, 4) is 0 Å². The first-order valence-corrected chi connectivity index (χ1v) is 6.82. The Morgan fingerprint density at radius 1 is 1.39 bits per heavy atom. The van der Waals surface area contributed by atoms with Gasteiger partial charge in [0.05, 0.1) is 12.6 Å². The lowest BCUT2D eigenvalue weighted by atomic mass is 9.97. The molecule has 1 heterocycles. The molecule has 0 aromatic heterocycles. The van der Waals surface area contributed by atoms with Gasteiger partial charge in [-0.2, -0.15) is 0 Å². The number of benzene rings is 1. The summed E-state index contributed by atoms with van der Waals surface area (Å²) < 4.78 is 0. The summed E-state index contributed by atoms with van der Waals surface area (Å²) in [5.74, 6) is 0. The molecule has 0 bridgehead atoms. The second-order valence-electron chi connectivity index (χ2n) is 5.36. The maximum absolute atomic E-state index is 9.56. The topological polar surface area (TPSA) is 35.5 Å². The van der Waals surface area contributed by atoms with Gasteiger partial charge in [-0.3, -0.25) is 0 Å². The summed E-state index contributed by atoms with van der Waals surface area (Å²) in [5, 5.41) is 13.2. The van der Waals surface area contributed by atoms with Crippen molar-refractivity contribution < 1.29 is 5.11 Å². The monoisotopic (exact) mass is 248 g/mol. The fourth-order valence-corrected chi connectivity index (χ4v) is 2.66. The number of hydrogen-bond donors (Lipinski definition) is 2. The van der Waals surface area contributed by atoms with E-state index in [4.69, 9.17) is 0 Å². The van der Waals surface area contributed by atoms with Gasteiger partial charge >= 0.3 is 0 Å². The molecule has 2 rings (SSSR count). The summed E-state index contributed by atoms with van der Waals surface area (Å²) >= 11 is 0. The highest BCUT2D eigenvalue weighted by Crippen LogP contribution is 2.19. The zero-order chi connectivity index (χ0) is 13.0. The number of rotatable bonds is 4. The Kier molecular flexibility index (Phi) is 4.75. The number of nitrogens with one attached hydrogen (secondary N) is 1. The van der Waals surface area contributed by atoms with Crippen LogP contribution in [0, 0.1) is 0 Å². The van der Waals surface area contributed by atoms with Gasteiger partial charge in [-0.1, -0.05) is 30.3 Å². The van der Waals surface area contributed by atoms with Gasteiger partial charge in [0.2, 0.25) is 0 Å². The molecule has 0 spiro atoms. The van der Waals surface area contributed by atoms with Crippen molar-refractivity contribution in [2.75, 3.05) is 20.2 Å². The molecule has 3 heteroatoms. The Morgan fingerprint density at radius 3 is 2.72 bits per heavy atom. The van der Waals surface area contributed by atoms with Crippen molar-refractivity contribution in [3.63, 3.8) is 0 Å². The average molecular weight is 248 g/mol. The lowest BCUT2D eigenvalue weighted by molar-refractivity contribution is 0.149. The quantitative estimate of drug-likeness (QED) is 0.853. The van der Waals surface area contributed by atoms with Crippen molar-refractivity contribution in [2.45, 2.75) is 37.9 Å². The van der Waals surface area contributed by atoms with E-state index in [2.05, 4.69) is 36.3 Å². The third kappa shape index (κ3) is 3.31. The van der Waals surface area contributed by atoms with Crippen LogP contribution in [-0.4, -0.2) is 42.3 Å². The number of aliphatic hydroxyl groups is 1. The van der Waals surface area contributed by atoms with E-state index in [9.17, 15) is 5.11 Å². The van der Waals surface area contributed by atoms with Gasteiger partial charge in [-0.15, -0.1) is 0 Å². The van der Waals surface area contributed by atoms with E-state index < -0.39 is 0 Å². The molecule has 1 aromatic rings. The summed E-state index contributed by atoms with van der Waals surface area (Å²) in [6.45, 7) is 3.56. The van der Waals surface area contributed by atoms with Crippen molar-refractivity contribution in [1.29, 1.82) is 0 Å². The Labute approximate surface area is 110 Å². The van der Waals surface area contributed by atoms with Gasteiger partial charge < -0.3 is 15.3 Å². The fraction of sp³-hybridized carbons (Fsp3) is 0.600. The highest BCUT2D eigenvalue weighted by atomic mass is 16.3. The second kappa shape index (κ2) is 6.32. The van der Waals surface area contributed by atoms with Crippen LogP contribution < -0.4 is 5.32 Å². The van der Waals surface area contributed by atoms with Gasteiger partial charge in [0, 0.05) is 12.1 Å². The van der Waals surface area contributed by atoms with Crippen LogP contribution >= 0.6 is 0 Å². The predicted molar refractivity (Wildman–Crippen MR) is 74.5 cm³/mol. The zero-order valence-corrected chi connectivity index (χ0v) is 11.3. The Morgan fingerprint density at radius 2 is 2.11 bits per heavy atom. The summed E-state index contributed by atoms with van der Waals surface area (Å²) in [6, 6.07) is 11.4. The van der Waals surface area contributed by atoms with E-state index in [0.29, 0.717) is 12.1 Å². The van der Waals surface area contributed by atoms with Crippen molar-refractivity contribution >= 4 is 0 Å². The Balaban J connectivity index is 1.95.